The Bertz CT molecular complexity index is 1070. The van der Waals surface area contributed by atoms with Gasteiger partial charge in [0.15, 0.2) is 0 Å². The fourth-order valence-corrected chi connectivity index (χ4v) is 3.39. The van der Waals surface area contributed by atoms with E-state index in [1.807, 2.05) is 6.92 Å². The summed E-state index contributed by atoms with van der Waals surface area (Å²) in [7, 11) is 0. The number of hydrogen-bond donors (Lipinski definition) is 1. The highest BCUT2D eigenvalue weighted by Crippen LogP contribution is 2.19. The number of anilines is 1. The van der Waals surface area contributed by atoms with Gasteiger partial charge in [-0.15, -0.1) is 11.3 Å². The van der Waals surface area contributed by atoms with Crippen LogP contribution in [0.2, 0.25) is 0 Å². The first-order valence-corrected chi connectivity index (χ1v) is 9.21. The first-order valence-electron chi connectivity index (χ1n) is 8.40. The molecule has 3 aromatic rings. The molecule has 0 aliphatic carbocycles. The maximum Gasteiger partial charge on any atom is 0.338 e. The molecular formula is C19H19N3O4S. The molecule has 0 aliphatic rings. The van der Waals surface area contributed by atoms with Crippen LogP contribution in [0.1, 0.15) is 29.1 Å². The topological polar surface area (TPSA) is 90.3 Å². The number of aromatic nitrogens is 2. The maximum atomic E-state index is 12.5. The third-order valence-corrected chi connectivity index (χ3v) is 4.64. The molecule has 0 aliphatic heterocycles. The van der Waals surface area contributed by atoms with Crippen molar-refractivity contribution in [3.8, 4) is 0 Å². The molecule has 0 radical (unpaired) electrons. The number of thiophene rings is 1. The predicted molar refractivity (Wildman–Crippen MR) is 104 cm³/mol. The van der Waals surface area contributed by atoms with Crippen molar-refractivity contribution >= 4 is 39.1 Å². The summed E-state index contributed by atoms with van der Waals surface area (Å²) < 4.78 is 6.41. The van der Waals surface area contributed by atoms with Crippen LogP contribution in [-0.4, -0.2) is 27.5 Å². The highest BCUT2D eigenvalue weighted by molar-refractivity contribution is 7.18. The SMILES string of the molecule is Cc1cc2c(=O)n(CC(=O)Nc3cccc(C(=O)OC(C)C)c3)cnc2s1. The Hall–Kier alpha value is -3.00. The van der Waals surface area contributed by atoms with E-state index in [1.54, 1.807) is 38.1 Å². The Morgan fingerprint density at radius 3 is 2.81 bits per heavy atom. The summed E-state index contributed by atoms with van der Waals surface area (Å²) in [5, 5.41) is 3.19. The van der Waals surface area contributed by atoms with Crippen LogP contribution in [0.25, 0.3) is 10.2 Å². The van der Waals surface area contributed by atoms with Crippen LogP contribution >= 0.6 is 11.3 Å². The Morgan fingerprint density at radius 2 is 2.07 bits per heavy atom. The van der Waals surface area contributed by atoms with Crippen molar-refractivity contribution < 1.29 is 14.3 Å². The molecule has 0 spiro atoms. The molecule has 1 aromatic carbocycles. The molecule has 2 heterocycles. The number of ether oxygens (including phenoxy) is 1. The minimum Gasteiger partial charge on any atom is -0.459 e. The van der Waals surface area contributed by atoms with E-state index in [0.29, 0.717) is 21.5 Å². The van der Waals surface area contributed by atoms with E-state index < -0.39 is 5.97 Å². The van der Waals surface area contributed by atoms with E-state index >= 15 is 0 Å². The van der Waals surface area contributed by atoms with Crippen molar-refractivity contribution in [3.63, 3.8) is 0 Å². The Labute approximate surface area is 159 Å². The maximum absolute atomic E-state index is 12.5. The van der Waals surface area contributed by atoms with Gasteiger partial charge in [-0.25, -0.2) is 9.78 Å². The standard InChI is InChI=1S/C19H19N3O4S/c1-11(2)26-19(25)13-5-4-6-14(8-13)21-16(23)9-22-10-20-17-15(18(22)24)7-12(3)27-17/h4-8,10-11H,9H2,1-3H3,(H,21,23). The van der Waals surface area contributed by atoms with Gasteiger partial charge in [0.2, 0.25) is 5.91 Å². The third-order valence-electron chi connectivity index (χ3n) is 3.68. The van der Waals surface area contributed by atoms with Crippen LogP contribution in [0.4, 0.5) is 5.69 Å². The zero-order valence-electron chi connectivity index (χ0n) is 15.2. The molecule has 140 valence electrons. The zero-order valence-corrected chi connectivity index (χ0v) is 16.0. The molecule has 7 nitrogen and oxygen atoms in total. The molecule has 1 amide bonds. The second-order valence-electron chi connectivity index (χ2n) is 6.34. The molecule has 2 aromatic heterocycles. The van der Waals surface area contributed by atoms with Crippen molar-refractivity contribution in [2.24, 2.45) is 0 Å². The number of benzene rings is 1. The van der Waals surface area contributed by atoms with Crippen molar-refractivity contribution in [3.05, 3.63) is 57.5 Å². The van der Waals surface area contributed by atoms with Gasteiger partial charge >= 0.3 is 5.97 Å². The normalized spacial score (nSPS) is 11.0. The first kappa shape index (κ1) is 18.8. The molecule has 0 saturated heterocycles. The van der Waals surface area contributed by atoms with E-state index in [2.05, 4.69) is 10.3 Å². The number of rotatable bonds is 5. The fourth-order valence-electron chi connectivity index (χ4n) is 2.55. The molecule has 0 unspecified atom stereocenters. The second kappa shape index (κ2) is 7.71. The zero-order chi connectivity index (χ0) is 19.6. The van der Waals surface area contributed by atoms with Gasteiger partial charge in [0.05, 0.1) is 23.4 Å². The van der Waals surface area contributed by atoms with E-state index in [-0.39, 0.29) is 24.1 Å². The van der Waals surface area contributed by atoms with Crippen molar-refractivity contribution in [2.45, 2.75) is 33.4 Å². The van der Waals surface area contributed by atoms with Gasteiger partial charge < -0.3 is 10.1 Å². The molecule has 27 heavy (non-hydrogen) atoms. The summed E-state index contributed by atoms with van der Waals surface area (Å²) in [5.74, 6) is -0.848. The largest absolute Gasteiger partial charge is 0.459 e. The number of nitrogens with zero attached hydrogens (tertiary/aromatic N) is 2. The lowest BCUT2D eigenvalue weighted by atomic mass is 10.2. The van der Waals surface area contributed by atoms with Gasteiger partial charge in [0, 0.05) is 10.6 Å². The summed E-state index contributed by atoms with van der Waals surface area (Å²) in [4.78, 5) is 42.6. The van der Waals surface area contributed by atoms with E-state index in [0.717, 1.165) is 4.88 Å². The average molecular weight is 385 g/mol. The predicted octanol–water partition coefficient (Wildman–Crippen LogP) is 2.97. The first-order chi connectivity index (χ1) is 12.8. The minimum atomic E-state index is -0.459. The lowest BCUT2D eigenvalue weighted by molar-refractivity contribution is -0.116. The van der Waals surface area contributed by atoms with E-state index in [4.69, 9.17) is 4.74 Å². The molecule has 0 fully saturated rings. The number of fused-ring (bicyclic) bond motifs is 1. The Balaban J connectivity index is 1.74. The van der Waals surface area contributed by atoms with Gasteiger partial charge in [-0.1, -0.05) is 6.07 Å². The smallest absolute Gasteiger partial charge is 0.338 e. The highest BCUT2D eigenvalue weighted by atomic mass is 32.1. The van der Waals surface area contributed by atoms with Crippen LogP contribution in [0.5, 0.6) is 0 Å². The molecule has 0 saturated carbocycles. The fraction of sp³-hybridized carbons (Fsp3) is 0.263. The molecular weight excluding hydrogens is 366 g/mol. The number of esters is 1. The van der Waals surface area contributed by atoms with Gasteiger partial charge in [-0.2, -0.15) is 0 Å². The number of hydrogen-bond acceptors (Lipinski definition) is 6. The van der Waals surface area contributed by atoms with Crippen LogP contribution in [-0.2, 0) is 16.1 Å². The quantitative estimate of drug-likeness (QED) is 0.682. The average Bonchev–Trinajstić information content (AvgIpc) is 2.98. The number of aryl methyl sites for hydroxylation is 1. The molecule has 3 rings (SSSR count). The van der Waals surface area contributed by atoms with Crippen molar-refractivity contribution in [1.29, 1.82) is 0 Å². The minimum absolute atomic E-state index is 0.169. The summed E-state index contributed by atoms with van der Waals surface area (Å²) >= 11 is 1.44. The van der Waals surface area contributed by atoms with Crippen LogP contribution in [0, 0.1) is 6.92 Å². The van der Waals surface area contributed by atoms with Gasteiger partial charge in [-0.3, -0.25) is 14.2 Å². The lowest BCUT2D eigenvalue weighted by Crippen LogP contribution is -2.27. The summed E-state index contributed by atoms with van der Waals surface area (Å²) in [6.45, 7) is 5.26. The Morgan fingerprint density at radius 1 is 1.30 bits per heavy atom. The van der Waals surface area contributed by atoms with Crippen LogP contribution in [0.3, 0.4) is 0 Å². The van der Waals surface area contributed by atoms with Gasteiger partial charge in [-0.05, 0) is 45.0 Å². The molecule has 0 bridgehead atoms. The number of amides is 1. The van der Waals surface area contributed by atoms with Crippen LogP contribution in [0.15, 0.2) is 41.5 Å². The number of carbonyl (C=O) groups is 2. The third kappa shape index (κ3) is 4.40. The monoisotopic (exact) mass is 385 g/mol. The summed E-state index contributed by atoms with van der Waals surface area (Å²) in [5.41, 5.74) is 0.538. The van der Waals surface area contributed by atoms with E-state index in [1.165, 1.54) is 28.3 Å². The van der Waals surface area contributed by atoms with Crippen molar-refractivity contribution in [2.75, 3.05) is 5.32 Å². The summed E-state index contributed by atoms with van der Waals surface area (Å²) in [6.07, 6.45) is 1.14. The van der Waals surface area contributed by atoms with Crippen molar-refractivity contribution in [1.82, 2.24) is 9.55 Å². The second-order valence-corrected chi connectivity index (χ2v) is 7.57. The number of nitrogens with one attached hydrogen (secondary N) is 1. The Kier molecular flexibility index (Phi) is 5.36. The highest BCUT2D eigenvalue weighted by Gasteiger charge is 2.13. The van der Waals surface area contributed by atoms with Crippen LogP contribution < -0.4 is 10.9 Å². The molecule has 1 N–H and O–H groups in total. The van der Waals surface area contributed by atoms with Gasteiger partial charge in [0.25, 0.3) is 5.56 Å². The lowest BCUT2D eigenvalue weighted by Gasteiger charge is -2.10. The van der Waals surface area contributed by atoms with E-state index in [9.17, 15) is 14.4 Å². The molecule has 0 atom stereocenters. The summed E-state index contributed by atoms with van der Waals surface area (Å²) in [6, 6.07) is 8.24. The molecule has 8 heteroatoms. The van der Waals surface area contributed by atoms with Gasteiger partial charge in [0.1, 0.15) is 11.4 Å². The number of carbonyl (C=O) groups excluding carboxylic acids is 2.